The third-order valence-electron chi connectivity index (χ3n) is 5.18. The van der Waals surface area contributed by atoms with Crippen molar-refractivity contribution in [1.29, 1.82) is 0 Å². The smallest absolute Gasteiger partial charge is 0.202 e. The molecule has 0 aliphatic heterocycles. The maximum absolute atomic E-state index is 13.2. The van der Waals surface area contributed by atoms with Crippen LogP contribution < -0.4 is 9.64 Å². The number of fused-ring (bicyclic) bond motifs is 1. The monoisotopic (exact) mass is 423 g/mol. The van der Waals surface area contributed by atoms with Crippen molar-refractivity contribution in [3.8, 4) is 17.1 Å². The van der Waals surface area contributed by atoms with Gasteiger partial charge in [-0.2, -0.15) is 4.68 Å². The van der Waals surface area contributed by atoms with E-state index in [0.717, 1.165) is 29.1 Å². The molecule has 0 aliphatic carbocycles. The van der Waals surface area contributed by atoms with E-state index in [1.54, 1.807) is 19.2 Å². The van der Waals surface area contributed by atoms with Gasteiger partial charge < -0.3 is 14.2 Å². The Bertz CT molecular complexity index is 1250. The van der Waals surface area contributed by atoms with E-state index in [1.807, 2.05) is 28.4 Å². The lowest BCUT2D eigenvalue weighted by Crippen LogP contribution is -3.07. The maximum Gasteiger partial charge on any atom is 0.202 e. The lowest BCUT2D eigenvalue weighted by molar-refractivity contribution is -0.917. The summed E-state index contributed by atoms with van der Waals surface area (Å²) in [5.41, 5.74) is 2.08. The first-order valence-corrected chi connectivity index (χ1v) is 10.1. The standard InChI is InChI=1S/C23H23FN4OS/c1-26(14-16-4-5-19-13-21(29-3)11-8-18(19)12-16)15-28-23(30)27(2)22(25-28)17-6-9-20(24)10-7-17/h4-13H,14-15H2,1-3H3/p+1. The summed E-state index contributed by atoms with van der Waals surface area (Å²) >= 11 is 5.57. The van der Waals surface area contributed by atoms with Crippen LogP contribution in [0, 0.1) is 10.6 Å². The van der Waals surface area contributed by atoms with Crippen molar-refractivity contribution in [2.45, 2.75) is 13.2 Å². The van der Waals surface area contributed by atoms with Crippen molar-refractivity contribution < 1.29 is 14.0 Å². The fourth-order valence-electron chi connectivity index (χ4n) is 3.61. The molecule has 0 fully saturated rings. The largest absolute Gasteiger partial charge is 0.497 e. The fraction of sp³-hybridized carbons (Fsp3) is 0.217. The first kappa shape index (κ1) is 20.3. The third-order valence-corrected chi connectivity index (χ3v) is 5.67. The summed E-state index contributed by atoms with van der Waals surface area (Å²) in [6.45, 7) is 1.47. The average Bonchev–Trinajstić information content (AvgIpc) is 3.02. The van der Waals surface area contributed by atoms with Gasteiger partial charge in [-0.15, -0.1) is 5.10 Å². The minimum atomic E-state index is -0.266. The summed E-state index contributed by atoms with van der Waals surface area (Å²) in [6, 6.07) is 18.9. The molecule has 0 saturated carbocycles. The number of nitrogens with one attached hydrogen (secondary N) is 1. The molecule has 0 radical (unpaired) electrons. The van der Waals surface area contributed by atoms with Gasteiger partial charge in [0.2, 0.25) is 4.77 Å². The summed E-state index contributed by atoms with van der Waals surface area (Å²) in [5, 5.41) is 7.03. The van der Waals surface area contributed by atoms with E-state index >= 15 is 0 Å². The molecule has 1 N–H and O–H groups in total. The van der Waals surface area contributed by atoms with Gasteiger partial charge in [-0.1, -0.05) is 18.2 Å². The first-order valence-electron chi connectivity index (χ1n) is 9.72. The number of hydrogen-bond donors (Lipinski definition) is 1. The number of quaternary nitrogens is 1. The molecule has 3 aromatic carbocycles. The zero-order valence-electron chi connectivity index (χ0n) is 17.2. The van der Waals surface area contributed by atoms with Crippen molar-refractivity contribution in [3.63, 3.8) is 0 Å². The second-order valence-electron chi connectivity index (χ2n) is 7.51. The molecule has 1 heterocycles. The normalized spacial score (nSPS) is 12.3. The minimum absolute atomic E-state index is 0.266. The van der Waals surface area contributed by atoms with Crippen LogP contribution in [0.2, 0.25) is 0 Å². The Morgan fingerprint density at radius 3 is 2.47 bits per heavy atom. The molecule has 4 rings (SSSR count). The molecule has 4 aromatic rings. The van der Waals surface area contributed by atoms with Gasteiger partial charge in [0.05, 0.1) is 14.2 Å². The van der Waals surface area contributed by atoms with Crippen molar-refractivity contribution in [1.82, 2.24) is 14.3 Å². The lowest BCUT2D eigenvalue weighted by Gasteiger charge is -2.14. The number of halogens is 1. The molecular formula is C23H24FN4OS+. The minimum Gasteiger partial charge on any atom is -0.497 e. The summed E-state index contributed by atoms with van der Waals surface area (Å²) < 4.78 is 22.9. The second-order valence-corrected chi connectivity index (χ2v) is 7.88. The molecular weight excluding hydrogens is 399 g/mol. The molecule has 7 heteroatoms. The van der Waals surface area contributed by atoms with Crippen LogP contribution in [0.5, 0.6) is 5.75 Å². The molecule has 0 spiro atoms. The molecule has 0 aliphatic rings. The third kappa shape index (κ3) is 4.13. The molecule has 1 atom stereocenters. The summed E-state index contributed by atoms with van der Waals surface area (Å²) in [5.74, 6) is 1.32. The molecule has 30 heavy (non-hydrogen) atoms. The molecule has 0 saturated heterocycles. The number of rotatable bonds is 6. The van der Waals surface area contributed by atoms with E-state index in [0.29, 0.717) is 11.4 Å². The Balaban J connectivity index is 1.52. The molecule has 5 nitrogen and oxygen atoms in total. The maximum atomic E-state index is 13.2. The van der Waals surface area contributed by atoms with Crippen LogP contribution in [0.1, 0.15) is 5.56 Å². The number of ether oxygens (including phenoxy) is 1. The summed E-state index contributed by atoms with van der Waals surface area (Å²) in [4.78, 5) is 1.25. The summed E-state index contributed by atoms with van der Waals surface area (Å²) in [6.07, 6.45) is 0. The van der Waals surface area contributed by atoms with Gasteiger partial charge in [-0.05, 0) is 65.5 Å². The topological polar surface area (TPSA) is 36.4 Å². The summed E-state index contributed by atoms with van der Waals surface area (Å²) in [7, 11) is 5.68. The number of aromatic nitrogens is 3. The van der Waals surface area contributed by atoms with Gasteiger partial charge >= 0.3 is 0 Å². The van der Waals surface area contributed by atoms with Gasteiger partial charge in [-0.3, -0.25) is 0 Å². The Morgan fingerprint density at radius 2 is 1.73 bits per heavy atom. The van der Waals surface area contributed by atoms with Crippen molar-refractivity contribution in [3.05, 3.63) is 76.8 Å². The van der Waals surface area contributed by atoms with E-state index in [-0.39, 0.29) is 5.82 Å². The van der Waals surface area contributed by atoms with Gasteiger partial charge in [-0.25, -0.2) is 4.39 Å². The highest BCUT2D eigenvalue weighted by Gasteiger charge is 2.13. The lowest BCUT2D eigenvalue weighted by atomic mass is 10.1. The molecule has 0 bridgehead atoms. The van der Waals surface area contributed by atoms with Gasteiger partial charge in [0.15, 0.2) is 12.5 Å². The van der Waals surface area contributed by atoms with Gasteiger partial charge in [0.1, 0.15) is 18.1 Å². The number of benzene rings is 3. The Hall–Kier alpha value is -3.03. The number of methoxy groups -OCH3 is 1. The average molecular weight is 424 g/mol. The predicted octanol–water partition coefficient (Wildman–Crippen LogP) is 3.59. The zero-order chi connectivity index (χ0) is 21.3. The second kappa shape index (κ2) is 8.38. The van der Waals surface area contributed by atoms with E-state index in [9.17, 15) is 4.39 Å². The fourth-order valence-corrected chi connectivity index (χ4v) is 3.80. The Kier molecular flexibility index (Phi) is 5.65. The van der Waals surface area contributed by atoms with E-state index in [4.69, 9.17) is 17.0 Å². The molecule has 1 unspecified atom stereocenters. The highest BCUT2D eigenvalue weighted by molar-refractivity contribution is 7.71. The van der Waals surface area contributed by atoms with Crippen LogP contribution in [-0.2, 0) is 20.3 Å². The quantitative estimate of drug-likeness (QED) is 0.482. The first-order chi connectivity index (χ1) is 14.4. The van der Waals surface area contributed by atoms with Crippen LogP contribution in [0.3, 0.4) is 0 Å². The van der Waals surface area contributed by atoms with Crippen LogP contribution in [0.15, 0.2) is 60.7 Å². The van der Waals surface area contributed by atoms with Crippen LogP contribution >= 0.6 is 12.2 Å². The van der Waals surface area contributed by atoms with Gasteiger partial charge in [0, 0.05) is 18.2 Å². The predicted molar refractivity (Wildman–Crippen MR) is 119 cm³/mol. The van der Waals surface area contributed by atoms with Crippen LogP contribution in [0.25, 0.3) is 22.2 Å². The van der Waals surface area contributed by atoms with E-state index in [1.165, 1.54) is 28.0 Å². The highest BCUT2D eigenvalue weighted by Crippen LogP contribution is 2.22. The molecule has 154 valence electrons. The molecule has 0 amide bonds. The molecule has 1 aromatic heterocycles. The van der Waals surface area contributed by atoms with Crippen molar-refractivity contribution >= 4 is 23.0 Å². The van der Waals surface area contributed by atoms with Gasteiger partial charge in [0.25, 0.3) is 0 Å². The number of nitrogens with zero attached hydrogens (tertiary/aromatic N) is 3. The highest BCUT2D eigenvalue weighted by atomic mass is 32.1. The Morgan fingerprint density at radius 1 is 1.03 bits per heavy atom. The van der Waals surface area contributed by atoms with Crippen LogP contribution in [0.4, 0.5) is 4.39 Å². The SMILES string of the molecule is COc1ccc2cc(C[NH+](C)Cn3nc(-c4ccc(F)cc4)n(C)c3=S)ccc2c1. The van der Waals surface area contributed by atoms with Crippen LogP contribution in [-0.4, -0.2) is 28.5 Å². The number of hydrogen-bond acceptors (Lipinski definition) is 3. The van der Waals surface area contributed by atoms with E-state index < -0.39 is 0 Å². The van der Waals surface area contributed by atoms with Crippen molar-refractivity contribution in [2.75, 3.05) is 14.2 Å². The zero-order valence-corrected chi connectivity index (χ0v) is 18.0. The Labute approximate surface area is 179 Å². The van der Waals surface area contributed by atoms with Crippen molar-refractivity contribution in [2.24, 2.45) is 7.05 Å². The van der Waals surface area contributed by atoms with E-state index in [2.05, 4.69) is 36.4 Å².